The van der Waals surface area contributed by atoms with E-state index in [9.17, 15) is 0 Å². The zero-order chi connectivity index (χ0) is 9.68. The van der Waals surface area contributed by atoms with Crippen LogP contribution in [0.5, 0.6) is 0 Å². The molecule has 2 N–H and O–H groups in total. The van der Waals surface area contributed by atoms with Gasteiger partial charge in [-0.3, -0.25) is 0 Å². The summed E-state index contributed by atoms with van der Waals surface area (Å²) in [6.07, 6.45) is 6.43. The maximum atomic E-state index is 6.02. The molecule has 1 rings (SSSR count). The Bertz CT molecular complexity index is 138. The second-order valence-corrected chi connectivity index (χ2v) is 4.47. The van der Waals surface area contributed by atoms with Gasteiger partial charge < -0.3 is 10.5 Å². The number of hydrogen-bond donors (Lipinski definition) is 1. The highest BCUT2D eigenvalue weighted by Crippen LogP contribution is 2.28. The van der Waals surface area contributed by atoms with Crippen molar-refractivity contribution in [2.24, 2.45) is 17.6 Å². The van der Waals surface area contributed by atoms with Crippen LogP contribution in [0.2, 0.25) is 0 Å². The Morgan fingerprint density at radius 3 is 2.77 bits per heavy atom. The lowest BCUT2D eigenvalue weighted by atomic mass is 9.87. The van der Waals surface area contributed by atoms with Crippen molar-refractivity contribution in [3.8, 4) is 0 Å². The summed E-state index contributed by atoms with van der Waals surface area (Å²) in [6.45, 7) is 3.17. The highest BCUT2D eigenvalue weighted by atomic mass is 16.5. The van der Waals surface area contributed by atoms with E-state index in [4.69, 9.17) is 10.5 Å². The Kier molecular flexibility index (Phi) is 4.74. The van der Waals surface area contributed by atoms with Crippen LogP contribution < -0.4 is 5.73 Å². The fourth-order valence-electron chi connectivity index (χ4n) is 2.35. The van der Waals surface area contributed by atoms with Crippen LogP contribution in [0.15, 0.2) is 0 Å². The van der Waals surface area contributed by atoms with Gasteiger partial charge in [-0.1, -0.05) is 26.2 Å². The first-order chi connectivity index (χ1) is 6.24. The van der Waals surface area contributed by atoms with Crippen molar-refractivity contribution in [1.82, 2.24) is 0 Å². The molecule has 2 heteroatoms. The predicted octanol–water partition coefficient (Wildman–Crippen LogP) is 2.18. The second kappa shape index (κ2) is 5.61. The van der Waals surface area contributed by atoms with E-state index in [1.807, 2.05) is 0 Å². The summed E-state index contributed by atoms with van der Waals surface area (Å²) < 4.78 is 5.19. The molecule has 0 aromatic heterocycles. The topological polar surface area (TPSA) is 35.2 Å². The first-order valence-electron chi connectivity index (χ1n) is 5.48. The summed E-state index contributed by atoms with van der Waals surface area (Å²) in [4.78, 5) is 0. The van der Waals surface area contributed by atoms with Crippen molar-refractivity contribution in [1.29, 1.82) is 0 Å². The summed E-state index contributed by atoms with van der Waals surface area (Å²) >= 11 is 0. The summed E-state index contributed by atoms with van der Waals surface area (Å²) in [6, 6.07) is 0.437. The monoisotopic (exact) mass is 185 g/mol. The minimum absolute atomic E-state index is 0.437. The molecule has 78 valence electrons. The lowest BCUT2D eigenvalue weighted by Gasteiger charge is -2.23. The van der Waals surface area contributed by atoms with E-state index >= 15 is 0 Å². The van der Waals surface area contributed by atoms with Crippen LogP contribution in [0.4, 0.5) is 0 Å². The van der Waals surface area contributed by atoms with Crippen LogP contribution in [0.25, 0.3) is 0 Å². The lowest BCUT2D eigenvalue weighted by molar-refractivity contribution is 0.122. The summed E-state index contributed by atoms with van der Waals surface area (Å²) in [5.74, 6) is 1.46. The standard InChI is InChI=1S/C11H23NO/c1-9(8-13-2)10-5-3-4-6-11(12)7-10/h9-11H,3-8,12H2,1-2H3. The maximum Gasteiger partial charge on any atom is 0.0490 e. The Balaban J connectivity index is 2.37. The van der Waals surface area contributed by atoms with Crippen LogP contribution in [0.3, 0.4) is 0 Å². The SMILES string of the molecule is COCC(C)C1CCCCC(N)C1. The summed E-state index contributed by atoms with van der Waals surface area (Å²) in [5, 5.41) is 0. The molecule has 3 unspecified atom stereocenters. The molecule has 0 saturated heterocycles. The van der Waals surface area contributed by atoms with Crippen LogP contribution >= 0.6 is 0 Å². The van der Waals surface area contributed by atoms with Crippen molar-refractivity contribution in [3.63, 3.8) is 0 Å². The van der Waals surface area contributed by atoms with Crippen LogP contribution in [0.1, 0.15) is 39.0 Å². The highest BCUT2D eigenvalue weighted by Gasteiger charge is 2.22. The van der Waals surface area contributed by atoms with Gasteiger partial charge in [-0.05, 0) is 24.7 Å². The van der Waals surface area contributed by atoms with Gasteiger partial charge in [-0.25, -0.2) is 0 Å². The van der Waals surface area contributed by atoms with Crippen molar-refractivity contribution < 1.29 is 4.74 Å². The third-order valence-corrected chi connectivity index (χ3v) is 3.24. The van der Waals surface area contributed by atoms with E-state index in [0.717, 1.165) is 12.5 Å². The molecule has 1 fully saturated rings. The van der Waals surface area contributed by atoms with Crippen molar-refractivity contribution >= 4 is 0 Å². The van der Waals surface area contributed by atoms with E-state index in [-0.39, 0.29) is 0 Å². The Morgan fingerprint density at radius 2 is 2.08 bits per heavy atom. The van der Waals surface area contributed by atoms with Crippen molar-refractivity contribution in [2.75, 3.05) is 13.7 Å². The molecule has 1 saturated carbocycles. The molecule has 13 heavy (non-hydrogen) atoms. The molecule has 2 nitrogen and oxygen atoms in total. The molecular weight excluding hydrogens is 162 g/mol. The first-order valence-corrected chi connectivity index (χ1v) is 5.48. The van der Waals surface area contributed by atoms with Gasteiger partial charge in [0.2, 0.25) is 0 Å². The fourth-order valence-corrected chi connectivity index (χ4v) is 2.35. The van der Waals surface area contributed by atoms with E-state index in [1.165, 1.54) is 32.1 Å². The van der Waals surface area contributed by atoms with Gasteiger partial charge in [0.05, 0.1) is 0 Å². The normalized spacial score (nSPS) is 32.5. The molecule has 0 aromatic rings. The van der Waals surface area contributed by atoms with Gasteiger partial charge in [0.15, 0.2) is 0 Å². The summed E-state index contributed by atoms with van der Waals surface area (Å²) in [7, 11) is 1.78. The average molecular weight is 185 g/mol. The summed E-state index contributed by atoms with van der Waals surface area (Å²) in [5.41, 5.74) is 6.02. The van der Waals surface area contributed by atoms with Gasteiger partial charge in [0.25, 0.3) is 0 Å². The lowest BCUT2D eigenvalue weighted by Crippen LogP contribution is -2.25. The molecule has 0 bridgehead atoms. The van der Waals surface area contributed by atoms with E-state index < -0.39 is 0 Å². The molecule has 3 atom stereocenters. The zero-order valence-corrected chi connectivity index (χ0v) is 8.96. The predicted molar refractivity (Wildman–Crippen MR) is 55.6 cm³/mol. The van der Waals surface area contributed by atoms with Gasteiger partial charge in [0.1, 0.15) is 0 Å². The van der Waals surface area contributed by atoms with Crippen LogP contribution in [-0.2, 0) is 4.74 Å². The Hall–Kier alpha value is -0.0800. The van der Waals surface area contributed by atoms with E-state index in [2.05, 4.69) is 6.92 Å². The van der Waals surface area contributed by atoms with Gasteiger partial charge in [-0.15, -0.1) is 0 Å². The van der Waals surface area contributed by atoms with Crippen molar-refractivity contribution in [2.45, 2.75) is 45.1 Å². The van der Waals surface area contributed by atoms with Crippen LogP contribution in [-0.4, -0.2) is 19.8 Å². The smallest absolute Gasteiger partial charge is 0.0490 e. The van der Waals surface area contributed by atoms with E-state index in [1.54, 1.807) is 7.11 Å². The minimum Gasteiger partial charge on any atom is -0.384 e. The zero-order valence-electron chi connectivity index (χ0n) is 8.96. The Morgan fingerprint density at radius 1 is 1.38 bits per heavy atom. The molecule has 1 aliphatic carbocycles. The largest absolute Gasteiger partial charge is 0.384 e. The van der Waals surface area contributed by atoms with Crippen molar-refractivity contribution in [3.05, 3.63) is 0 Å². The number of ether oxygens (including phenoxy) is 1. The fraction of sp³-hybridized carbons (Fsp3) is 1.00. The third-order valence-electron chi connectivity index (χ3n) is 3.24. The third kappa shape index (κ3) is 3.65. The van der Waals surface area contributed by atoms with Crippen LogP contribution in [0, 0.1) is 11.8 Å². The number of rotatable bonds is 3. The Labute approximate surface area is 81.8 Å². The number of hydrogen-bond acceptors (Lipinski definition) is 2. The second-order valence-electron chi connectivity index (χ2n) is 4.47. The number of nitrogens with two attached hydrogens (primary N) is 1. The molecule has 0 radical (unpaired) electrons. The molecule has 0 aromatic carbocycles. The molecule has 1 aliphatic rings. The molecule has 0 aliphatic heterocycles. The van der Waals surface area contributed by atoms with E-state index in [0.29, 0.717) is 12.0 Å². The van der Waals surface area contributed by atoms with Gasteiger partial charge in [-0.2, -0.15) is 0 Å². The average Bonchev–Trinajstić information content (AvgIpc) is 2.30. The van der Waals surface area contributed by atoms with Gasteiger partial charge in [0, 0.05) is 19.8 Å². The maximum absolute atomic E-state index is 6.02. The highest BCUT2D eigenvalue weighted by molar-refractivity contribution is 4.76. The molecular formula is C11H23NO. The quantitative estimate of drug-likeness (QED) is 0.684. The minimum atomic E-state index is 0.437. The molecule has 0 spiro atoms. The number of methoxy groups -OCH3 is 1. The molecule has 0 amide bonds. The van der Waals surface area contributed by atoms with Gasteiger partial charge >= 0.3 is 0 Å². The first kappa shape index (κ1) is 11.0. The molecule has 0 heterocycles.